The van der Waals surface area contributed by atoms with Gasteiger partial charge in [-0.1, -0.05) is 0 Å². The molecule has 0 fully saturated rings. The predicted octanol–water partition coefficient (Wildman–Crippen LogP) is 4.31. The topological polar surface area (TPSA) is 53.4 Å². The van der Waals surface area contributed by atoms with E-state index in [1.165, 1.54) is 39.7 Å². The van der Waals surface area contributed by atoms with Crippen molar-refractivity contribution in [2.75, 3.05) is 13.6 Å². The van der Waals surface area contributed by atoms with Crippen molar-refractivity contribution in [2.45, 2.75) is 59.5 Å². The Balaban J connectivity index is 0.00000243. The van der Waals surface area contributed by atoms with Crippen LogP contribution in [0, 0.1) is 13.8 Å². The number of rotatable bonds is 5. The standard InChI is InChI=1S/C18H27N5S2.HI/c1-5-19-18(20-10-16-21-12(2)13(3)24-16)23(4)11-17-22-14-8-6-7-9-15(14)25-17;/h5-11H2,1-4H3,(H,19,20);1H. The van der Waals surface area contributed by atoms with Gasteiger partial charge in [-0.25, -0.2) is 15.0 Å². The van der Waals surface area contributed by atoms with Gasteiger partial charge in [0.05, 0.1) is 24.5 Å². The van der Waals surface area contributed by atoms with E-state index in [1.54, 1.807) is 11.3 Å². The second kappa shape index (κ2) is 9.98. The van der Waals surface area contributed by atoms with Crippen LogP contribution in [0.2, 0.25) is 0 Å². The van der Waals surface area contributed by atoms with Gasteiger partial charge in [0, 0.05) is 23.3 Å². The van der Waals surface area contributed by atoms with Gasteiger partial charge < -0.3 is 10.2 Å². The summed E-state index contributed by atoms with van der Waals surface area (Å²) in [6.07, 6.45) is 4.93. The molecule has 5 nitrogen and oxygen atoms in total. The number of hydrogen-bond donors (Lipinski definition) is 1. The molecule has 2 aromatic rings. The Hall–Kier alpha value is -0.740. The van der Waals surface area contributed by atoms with E-state index in [0.29, 0.717) is 6.54 Å². The molecule has 0 radical (unpaired) electrons. The minimum atomic E-state index is 0. The van der Waals surface area contributed by atoms with Crippen LogP contribution in [0.25, 0.3) is 0 Å². The van der Waals surface area contributed by atoms with Crippen molar-refractivity contribution in [3.05, 3.63) is 31.2 Å². The Morgan fingerprint density at radius 3 is 2.58 bits per heavy atom. The molecule has 0 aromatic carbocycles. The average molecular weight is 505 g/mol. The molecule has 0 saturated heterocycles. The predicted molar refractivity (Wildman–Crippen MR) is 122 cm³/mol. The Bertz CT molecular complexity index is 710. The highest BCUT2D eigenvalue weighted by molar-refractivity contribution is 14.0. The third-order valence-corrected chi connectivity index (χ3v) is 6.60. The Kier molecular flexibility index (Phi) is 8.28. The molecule has 0 bridgehead atoms. The van der Waals surface area contributed by atoms with Crippen molar-refractivity contribution in [3.8, 4) is 0 Å². The maximum Gasteiger partial charge on any atom is 0.194 e. The maximum absolute atomic E-state index is 4.85. The quantitative estimate of drug-likeness (QED) is 0.374. The maximum atomic E-state index is 4.85. The number of nitrogens with one attached hydrogen (secondary N) is 1. The van der Waals surface area contributed by atoms with Crippen molar-refractivity contribution < 1.29 is 0 Å². The van der Waals surface area contributed by atoms with Crippen LogP contribution in [0.1, 0.15) is 50.9 Å². The van der Waals surface area contributed by atoms with Crippen molar-refractivity contribution in [1.82, 2.24) is 20.2 Å². The van der Waals surface area contributed by atoms with Gasteiger partial charge in [-0.3, -0.25) is 0 Å². The first-order valence-electron chi connectivity index (χ1n) is 8.96. The third-order valence-electron chi connectivity index (χ3n) is 4.40. The summed E-state index contributed by atoms with van der Waals surface area (Å²) in [5, 5.41) is 5.65. The molecule has 26 heavy (non-hydrogen) atoms. The highest BCUT2D eigenvalue weighted by Gasteiger charge is 2.17. The number of thiazole rings is 2. The van der Waals surface area contributed by atoms with Crippen LogP contribution in [-0.2, 0) is 25.9 Å². The van der Waals surface area contributed by atoms with Crippen LogP contribution >= 0.6 is 46.7 Å². The molecule has 1 N–H and O–H groups in total. The third kappa shape index (κ3) is 5.39. The number of halogens is 1. The van der Waals surface area contributed by atoms with E-state index < -0.39 is 0 Å². The number of guanidine groups is 1. The molecule has 1 aliphatic rings. The summed E-state index contributed by atoms with van der Waals surface area (Å²) in [6, 6.07) is 0. The highest BCUT2D eigenvalue weighted by atomic mass is 127. The van der Waals surface area contributed by atoms with E-state index in [1.807, 2.05) is 11.3 Å². The molecular formula is C18H28IN5S2. The average Bonchev–Trinajstić information content (AvgIpc) is 3.13. The normalized spacial score (nSPS) is 13.9. The van der Waals surface area contributed by atoms with Crippen molar-refractivity contribution in [2.24, 2.45) is 4.99 Å². The Labute approximate surface area is 181 Å². The SMILES string of the molecule is CCNC(=NCc1nc(C)c(C)s1)N(C)Cc1nc2c(s1)CCCC2.I. The van der Waals surface area contributed by atoms with E-state index in [2.05, 4.69) is 43.0 Å². The minimum absolute atomic E-state index is 0. The molecule has 8 heteroatoms. The number of fused-ring (bicyclic) bond motifs is 1. The molecule has 0 amide bonds. The molecule has 0 atom stereocenters. The van der Waals surface area contributed by atoms with E-state index >= 15 is 0 Å². The second-order valence-corrected chi connectivity index (χ2v) is 8.92. The van der Waals surface area contributed by atoms with E-state index in [4.69, 9.17) is 9.98 Å². The molecule has 0 saturated carbocycles. The summed E-state index contributed by atoms with van der Waals surface area (Å²) >= 11 is 3.61. The summed E-state index contributed by atoms with van der Waals surface area (Å²) in [5.74, 6) is 0.918. The lowest BCUT2D eigenvalue weighted by molar-refractivity contribution is 0.474. The van der Waals surface area contributed by atoms with E-state index in [0.717, 1.165) is 36.2 Å². The summed E-state index contributed by atoms with van der Waals surface area (Å²) in [6.45, 7) is 8.55. The van der Waals surface area contributed by atoms with Crippen LogP contribution in [0.15, 0.2) is 4.99 Å². The van der Waals surface area contributed by atoms with Crippen LogP contribution in [0.3, 0.4) is 0 Å². The molecule has 144 valence electrons. The van der Waals surface area contributed by atoms with Crippen molar-refractivity contribution in [3.63, 3.8) is 0 Å². The van der Waals surface area contributed by atoms with Gasteiger partial charge >= 0.3 is 0 Å². The second-order valence-electron chi connectivity index (χ2n) is 6.46. The fourth-order valence-corrected chi connectivity index (χ4v) is 5.04. The van der Waals surface area contributed by atoms with Crippen LogP contribution < -0.4 is 5.32 Å². The van der Waals surface area contributed by atoms with E-state index in [9.17, 15) is 0 Å². The molecule has 2 heterocycles. The lowest BCUT2D eigenvalue weighted by Crippen LogP contribution is -2.38. The van der Waals surface area contributed by atoms with Gasteiger partial charge in [0.2, 0.25) is 0 Å². The lowest BCUT2D eigenvalue weighted by Gasteiger charge is -2.20. The van der Waals surface area contributed by atoms with Gasteiger partial charge in [0.1, 0.15) is 10.0 Å². The number of aromatic nitrogens is 2. The molecule has 2 aromatic heterocycles. The number of nitrogens with zero attached hydrogens (tertiary/aromatic N) is 4. The first-order valence-corrected chi connectivity index (χ1v) is 10.6. The highest BCUT2D eigenvalue weighted by Crippen LogP contribution is 2.27. The summed E-state index contributed by atoms with van der Waals surface area (Å²) in [4.78, 5) is 19.1. The lowest BCUT2D eigenvalue weighted by atomic mass is 10.0. The van der Waals surface area contributed by atoms with Crippen molar-refractivity contribution >= 4 is 52.6 Å². The van der Waals surface area contributed by atoms with E-state index in [-0.39, 0.29) is 24.0 Å². The smallest absolute Gasteiger partial charge is 0.194 e. The summed E-state index contributed by atoms with van der Waals surface area (Å²) in [7, 11) is 2.08. The number of aryl methyl sites for hydroxylation is 4. The van der Waals surface area contributed by atoms with Gasteiger partial charge in [-0.2, -0.15) is 0 Å². The number of hydrogen-bond acceptors (Lipinski definition) is 5. The molecule has 0 unspecified atom stereocenters. The Morgan fingerprint density at radius 2 is 1.92 bits per heavy atom. The van der Waals surface area contributed by atoms with Crippen LogP contribution in [-0.4, -0.2) is 34.4 Å². The van der Waals surface area contributed by atoms with Crippen molar-refractivity contribution in [1.29, 1.82) is 0 Å². The first-order chi connectivity index (χ1) is 12.1. The number of aliphatic imine (C=N–C) groups is 1. The van der Waals surface area contributed by atoms with Gasteiger partial charge in [0.25, 0.3) is 0 Å². The van der Waals surface area contributed by atoms with Gasteiger partial charge in [-0.15, -0.1) is 46.7 Å². The molecule has 0 spiro atoms. The molecular weight excluding hydrogens is 477 g/mol. The Morgan fingerprint density at radius 1 is 1.15 bits per heavy atom. The monoisotopic (exact) mass is 505 g/mol. The zero-order valence-corrected chi connectivity index (χ0v) is 19.9. The molecule has 3 rings (SSSR count). The van der Waals surface area contributed by atoms with Crippen LogP contribution in [0.4, 0.5) is 0 Å². The summed E-state index contributed by atoms with van der Waals surface area (Å²) < 4.78 is 0. The zero-order valence-electron chi connectivity index (χ0n) is 16.0. The van der Waals surface area contributed by atoms with Gasteiger partial charge in [-0.05, 0) is 46.5 Å². The fourth-order valence-electron chi connectivity index (χ4n) is 2.97. The minimum Gasteiger partial charge on any atom is -0.357 e. The fraction of sp³-hybridized carbons (Fsp3) is 0.611. The van der Waals surface area contributed by atoms with Gasteiger partial charge in [0.15, 0.2) is 5.96 Å². The first kappa shape index (κ1) is 21.6. The molecule has 1 aliphatic carbocycles. The largest absolute Gasteiger partial charge is 0.357 e. The molecule has 0 aliphatic heterocycles. The zero-order chi connectivity index (χ0) is 17.8. The van der Waals surface area contributed by atoms with Crippen LogP contribution in [0.5, 0.6) is 0 Å². The summed E-state index contributed by atoms with van der Waals surface area (Å²) in [5.41, 5.74) is 2.44.